The summed E-state index contributed by atoms with van der Waals surface area (Å²) in [5.41, 5.74) is 0.232. The molecule has 0 aromatic heterocycles. The number of hydrogen-bond acceptors (Lipinski definition) is 2. The zero-order chi connectivity index (χ0) is 16.6. The van der Waals surface area contributed by atoms with E-state index in [-0.39, 0.29) is 5.04 Å². The molecule has 0 aliphatic heterocycles. The Morgan fingerprint density at radius 2 is 1.64 bits per heavy atom. The van der Waals surface area contributed by atoms with E-state index in [1.165, 1.54) is 0 Å². The largest absolute Gasteiger partial charge is 0.544 e. The zero-order valence-electron chi connectivity index (χ0n) is 14.4. The summed E-state index contributed by atoms with van der Waals surface area (Å²) in [5.74, 6) is 0.164. The Balaban J connectivity index is 2.22. The summed E-state index contributed by atoms with van der Waals surface area (Å²) in [6.45, 7) is 11.1. The molecule has 0 saturated heterocycles. The van der Waals surface area contributed by atoms with Crippen molar-refractivity contribution in [3.05, 3.63) is 29.8 Å². The molecule has 0 unspecified atom stereocenters. The van der Waals surface area contributed by atoms with Crippen molar-refractivity contribution in [3.8, 4) is 5.75 Å². The van der Waals surface area contributed by atoms with Gasteiger partial charge in [0.1, 0.15) is 5.75 Å². The molecule has 0 heterocycles. The van der Waals surface area contributed by atoms with Crippen LogP contribution in [-0.4, -0.2) is 19.4 Å². The summed E-state index contributed by atoms with van der Waals surface area (Å²) in [6.07, 6.45) is 3.47. The van der Waals surface area contributed by atoms with Crippen LogP contribution in [0.1, 0.15) is 52.0 Å². The van der Waals surface area contributed by atoms with Crippen LogP contribution in [0, 0.1) is 0 Å². The average molecular weight is 321 g/mol. The van der Waals surface area contributed by atoms with Gasteiger partial charge in [-0.1, -0.05) is 45.7 Å². The Hall–Kier alpha value is -1.29. The first-order valence-corrected chi connectivity index (χ1v) is 11.0. The molecule has 122 valence electrons. The Morgan fingerprint density at radius 1 is 1.14 bits per heavy atom. The van der Waals surface area contributed by atoms with Crippen molar-refractivity contribution in [2.75, 3.05) is 0 Å². The predicted molar refractivity (Wildman–Crippen MR) is 92.0 cm³/mol. The van der Waals surface area contributed by atoms with Gasteiger partial charge in [0, 0.05) is 0 Å². The molecular weight excluding hydrogens is 292 g/mol. The molecule has 2 rings (SSSR count). The first-order chi connectivity index (χ1) is 10.1. The van der Waals surface area contributed by atoms with Crippen molar-refractivity contribution >= 4 is 14.3 Å². The monoisotopic (exact) mass is 320 g/mol. The number of carboxylic acids is 1. The van der Waals surface area contributed by atoms with E-state index in [4.69, 9.17) is 4.43 Å². The smallest absolute Gasteiger partial charge is 0.314 e. The fourth-order valence-electron chi connectivity index (χ4n) is 2.89. The van der Waals surface area contributed by atoms with E-state index in [1.807, 2.05) is 24.3 Å². The standard InChI is InChI=1S/C18H28O3Si/c1-17(2,3)22(4,5)21-15-10-8-14(9-11-15)18(16(19)20)12-6-7-13-18/h8-11H,6-7,12-13H2,1-5H3,(H,19,20). The molecule has 0 atom stereocenters. The lowest BCUT2D eigenvalue weighted by Crippen LogP contribution is -2.43. The van der Waals surface area contributed by atoms with Crippen LogP contribution in [0.25, 0.3) is 0 Å². The van der Waals surface area contributed by atoms with Gasteiger partial charge in [0.2, 0.25) is 8.32 Å². The molecule has 1 aliphatic carbocycles. The number of carboxylic acid groups (broad SMARTS) is 1. The van der Waals surface area contributed by atoms with Gasteiger partial charge < -0.3 is 9.53 Å². The summed E-state index contributed by atoms with van der Waals surface area (Å²) in [6, 6.07) is 7.78. The Labute approximate surface area is 134 Å². The number of carbonyl (C=O) groups is 1. The second kappa shape index (κ2) is 5.73. The van der Waals surface area contributed by atoms with Crippen molar-refractivity contribution in [2.24, 2.45) is 0 Å². The first-order valence-electron chi connectivity index (χ1n) is 8.11. The molecule has 4 heteroatoms. The lowest BCUT2D eigenvalue weighted by molar-refractivity contribution is -0.143. The molecule has 1 aromatic rings. The van der Waals surface area contributed by atoms with E-state index >= 15 is 0 Å². The van der Waals surface area contributed by atoms with Gasteiger partial charge in [0.05, 0.1) is 5.41 Å². The van der Waals surface area contributed by atoms with Crippen LogP contribution >= 0.6 is 0 Å². The maximum atomic E-state index is 11.7. The number of hydrogen-bond donors (Lipinski definition) is 1. The minimum absolute atomic E-state index is 0.152. The van der Waals surface area contributed by atoms with E-state index in [0.717, 1.165) is 37.0 Å². The van der Waals surface area contributed by atoms with Gasteiger partial charge in [-0.25, -0.2) is 0 Å². The zero-order valence-corrected chi connectivity index (χ0v) is 15.4. The van der Waals surface area contributed by atoms with E-state index in [1.54, 1.807) is 0 Å². The molecule has 22 heavy (non-hydrogen) atoms. The molecule has 0 spiro atoms. The summed E-state index contributed by atoms with van der Waals surface area (Å²) in [5, 5.41) is 9.81. The maximum Gasteiger partial charge on any atom is 0.314 e. The first kappa shape index (κ1) is 17.1. The molecule has 1 N–H and O–H groups in total. The van der Waals surface area contributed by atoms with E-state index in [0.29, 0.717) is 0 Å². The Bertz CT molecular complexity index is 534. The minimum atomic E-state index is -1.85. The maximum absolute atomic E-state index is 11.7. The third-order valence-electron chi connectivity index (χ3n) is 5.45. The molecule has 1 saturated carbocycles. The Morgan fingerprint density at radius 3 is 2.05 bits per heavy atom. The SMILES string of the molecule is CC(C)(C)[Si](C)(C)Oc1ccc(C2(C(=O)O)CCCC2)cc1. The van der Waals surface area contributed by atoms with Crippen LogP contribution in [0.2, 0.25) is 18.1 Å². The molecule has 3 nitrogen and oxygen atoms in total. The highest BCUT2D eigenvalue weighted by atomic mass is 28.4. The molecule has 1 fully saturated rings. The highest BCUT2D eigenvalue weighted by molar-refractivity contribution is 6.74. The number of rotatable bonds is 4. The third kappa shape index (κ3) is 3.07. The highest BCUT2D eigenvalue weighted by Crippen LogP contribution is 2.42. The highest BCUT2D eigenvalue weighted by Gasteiger charge is 2.43. The topological polar surface area (TPSA) is 46.5 Å². The van der Waals surface area contributed by atoms with Crippen molar-refractivity contribution < 1.29 is 14.3 Å². The van der Waals surface area contributed by atoms with Crippen LogP contribution < -0.4 is 4.43 Å². The van der Waals surface area contributed by atoms with Crippen LogP contribution in [0.5, 0.6) is 5.75 Å². The third-order valence-corrected chi connectivity index (χ3v) is 9.81. The Kier molecular flexibility index (Phi) is 4.44. The van der Waals surface area contributed by atoms with E-state index in [9.17, 15) is 9.90 Å². The minimum Gasteiger partial charge on any atom is -0.544 e. The van der Waals surface area contributed by atoms with Gasteiger partial charge in [-0.3, -0.25) is 4.79 Å². The quantitative estimate of drug-likeness (QED) is 0.797. The summed E-state index contributed by atoms with van der Waals surface area (Å²) in [4.78, 5) is 11.7. The molecule has 0 bridgehead atoms. The summed E-state index contributed by atoms with van der Waals surface area (Å²) in [7, 11) is -1.85. The molecule has 0 amide bonds. The van der Waals surface area contributed by atoms with E-state index < -0.39 is 19.7 Å². The second-order valence-electron chi connectivity index (χ2n) is 7.98. The second-order valence-corrected chi connectivity index (χ2v) is 12.7. The predicted octanol–water partition coefficient (Wildman–Crippen LogP) is 4.97. The van der Waals surface area contributed by atoms with Crippen molar-refractivity contribution in [3.63, 3.8) is 0 Å². The summed E-state index contributed by atoms with van der Waals surface area (Å²) < 4.78 is 6.27. The van der Waals surface area contributed by atoms with Crippen LogP contribution in [0.4, 0.5) is 0 Å². The number of benzene rings is 1. The van der Waals surface area contributed by atoms with Gasteiger partial charge in [-0.15, -0.1) is 0 Å². The molecule has 1 aromatic carbocycles. The fourth-order valence-corrected chi connectivity index (χ4v) is 3.93. The lowest BCUT2D eigenvalue weighted by atomic mass is 9.79. The van der Waals surface area contributed by atoms with Crippen LogP contribution in [-0.2, 0) is 10.2 Å². The molecular formula is C18H28O3Si. The van der Waals surface area contributed by atoms with E-state index in [2.05, 4.69) is 33.9 Å². The van der Waals surface area contributed by atoms with Crippen molar-refractivity contribution in [1.82, 2.24) is 0 Å². The van der Waals surface area contributed by atoms with Gasteiger partial charge >= 0.3 is 5.97 Å². The van der Waals surface area contributed by atoms with Gasteiger partial charge in [0.15, 0.2) is 0 Å². The molecule has 0 radical (unpaired) electrons. The normalized spacial score (nSPS) is 18.2. The average Bonchev–Trinajstić information content (AvgIpc) is 2.88. The van der Waals surface area contributed by atoms with Crippen molar-refractivity contribution in [2.45, 2.75) is 70.0 Å². The van der Waals surface area contributed by atoms with Crippen molar-refractivity contribution in [1.29, 1.82) is 0 Å². The van der Waals surface area contributed by atoms with Gasteiger partial charge in [0.25, 0.3) is 0 Å². The van der Waals surface area contributed by atoms with Crippen LogP contribution in [0.15, 0.2) is 24.3 Å². The van der Waals surface area contributed by atoms with Crippen LogP contribution in [0.3, 0.4) is 0 Å². The number of aliphatic carboxylic acids is 1. The lowest BCUT2D eigenvalue weighted by Gasteiger charge is -2.36. The fraction of sp³-hybridized carbons (Fsp3) is 0.611. The van der Waals surface area contributed by atoms with Gasteiger partial charge in [-0.2, -0.15) is 0 Å². The summed E-state index contributed by atoms with van der Waals surface area (Å²) >= 11 is 0. The molecule has 1 aliphatic rings. The van der Waals surface area contributed by atoms with Gasteiger partial charge in [-0.05, 0) is 48.7 Å².